The van der Waals surface area contributed by atoms with Crippen molar-refractivity contribution in [3.8, 4) is 33.4 Å². The van der Waals surface area contributed by atoms with Gasteiger partial charge in [0.25, 0.3) is 0 Å². The lowest BCUT2D eigenvalue weighted by Gasteiger charge is -2.37. The number of benzene rings is 10. The van der Waals surface area contributed by atoms with E-state index in [9.17, 15) is 0 Å². The highest BCUT2D eigenvalue weighted by atomic mass is 15.1. The highest BCUT2D eigenvalue weighted by Crippen LogP contribution is 2.53. The molecular formula is C62H47N. The Kier molecular flexibility index (Phi) is 9.47. The van der Waals surface area contributed by atoms with Gasteiger partial charge in [-0.2, -0.15) is 0 Å². The molecule has 0 saturated heterocycles. The number of hydrogen-bond acceptors (Lipinski definition) is 1. The van der Waals surface area contributed by atoms with Crippen LogP contribution in [0.2, 0.25) is 0 Å². The molecule has 0 atom stereocenters. The molecule has 0 spiro atoms. The summed E-state index contributed by atoms with van der Waals surface area (Å²) in [6.45, 7) is 4.71. The van der Waals surface area contributed by atoms with Gasteiger partial charge in [0.2, 0.25) is 0 Å². The molecule has 0 aliphatic heterocycles. The van der Waals surface area contributed by atoms with Crippen molar-refractivity contribution in [2.45, 2.75) is 24.7 Å². The van der Waals surface area contributed by atoms with E-state index in [1.807, 2.05) is 0 Å². The lowest BCUT2D eigenvalue weighted by atomic mass is 9.65. The minimum atomic E-state index is -0.554. The van der Waals surface area contributed by atoms with Gasteiger partial charge in [0.05, 0.1) is 11.1 Å². The van der Waals surface area contributed by atoms with Crippen molar-refractivity contribution < 1.29 is 0 Å². The molecule has 11 rings (SSSR count). The molecule has 0 fully saturated rings. The minimum Gasteiger partial charge on any atom is -0.310 e. The van der Waals surface area contributed by atoms with Crippen LogP contribution in [0.5, 0.6) is 0 Å². The molecule has 10 aromatic carbocycles. The summed E-state index contributed by atoms with van der Waals surface area (Å²) in [5.41, 5.74) is 17.6. The molecule has 300 valence electrons. The fraction of sp³-hybridized carbons (Fsp3) is 0.0645. The first-order valence-electron chi connectivity index (χ1n) is 22.0. The molecule has 0 saturated carbocycles. The molecule has 0 N–H and O–H groups in total. The Morgan fingerprint density at radius 1 is 0.349 bits per heavy atom. The van der Waals surface area contributed by atoms with E-state index in [0.717, 1.165) is 17.1 Å². The van der Waals surface area contributed by atoms with Gasteiger partial charge in [0, 0.05) is 22.4 Å². The third kappa shape index (κ3) is 6.39. The van der Waals surface area contributed by atoms with Crippen molar-refractivity contribution in [3.63, 3.8) is 0 Å². The van der Waals surface area contributed by atoms with Gasteiger partial charge in [-0.1, -0.05) is 226 Å². The fourth-order valence-corrected chi connectivity index (χ4v) is 10.4. The van der Waals surface area contributed by atoms with E-state index in [1.165, 1.54) is 77.5 Å². The second-order valence-electron chi connectivity index (χ2n) is 17.3. The fourth-order valence-electron chi connectivity index (χ4n) is 10.4. The van der Waals surface area contributed by atoms with Crippen molar-refractivity contribution in [1.29, 1.82) is 0 Å². The summed E-state index contributed by atoms with van der Waals surface area (Å²) in [4.78, 5) is 2.49. The molecule has 0 aromatic heterocycles. The predicted molar refractivity (Wildman–Crippen MR) is 265 cm³/mol. The topological polar surface area (TPSA) is 3.24 Å². The lowest BCUT2D eigenvalue weighted by Crippen LogP contribution is -2.31. The molecule has 63 heavy (non-hydrogen) atoms. The maximum Gasteiger partial charge on any atom is 0.0701 e. The van der Waals surface area contributed by atoms with Crippen LogP contribution in [0, 0.1) is 0 Å². The van der Waals surface area contributed by atoms with Crippen molar-refractivity contribution in [3.05, 3.63) is 282 Å². The third-order valence-electron chi connectivity index (χ3n) is 13.4. The van der Waals surface area contributed by atoms with Gasteiger partial charge in [-0.05, 0) is 108 Å². The van der Waals surface area contributed by atoms with Crippen LogP contribution in [-0.2, 0) is 10.8 Å². The van der Waals surface area contributed by atoms with E-state index in [2.05, 4.69) is 267 Å². The first kappa shape index (κ1) is 38.2. The Balaban J connectivity index is 1.17. The Morgan fingerprint density at radius 2 is 0.857 bits per heavy atom. The highest BCUT2D eigenvalue weighted by molar-refractivity contribution is 6.06. The molecule has 0 amide bonds. The average molecular weight is 806 g/mol. The van der Waals surface area contributed by atoms with Gasteiger partial charge in [-0.15, -0.1) is 0 Å². The summed E-state index contributed by atoms with van der Waals surface area (Å²) in [6.07, 6.45) is 0. The predicted octanol–water partition coefficient (Wildman–Crippen LogP) is 16.3. The highest BCUT2D eigenvalue weighted by Gasteiger charge is 2.39. The molecule has 1 heteroatoms. The number of rotatable bonds is 9. The second kappa shape index (κ2) is 15.6. The second-order valence-corrected chi connectivity index (χ2v) is 17.3. The molecule has 1 aliphatic carbocycles. The average Bonchev–Trinajstić information content (AvgIpc) is 3.58. The monoisotopic (exact) mass is 805 g/mol. The van der Waals surface area contributed by atoms with Gasteiger partial charge in [0.15, 0.2) is 0 Å². The molecular weight excluding hydrogens is 759 g/mol. The van der Waals surface area contributed by atoms with E-state index < -0.39 is 5.41 Å². The smallest absolute Gasteiger partial charge is 0.0701 e. The van der Waals surface area contributed by atoms with Gasteiger partial charge >= 0.3 is 0 Å². The van der Waals surface area contributed by atoms with E-state index in [4.69, 9.17) is 0 Å². The van der Waals surface area contributed by atoms with Crippen molar-refractivity contribution in [2.75, 3.05) is 4.90 Å². The van der Waals surface area contributed by atoms with Crippen LogP contribution in [0.25, 0.3) is 44.2 Å². The van der Waals surface area contributed by atoms with Gasteiger partial charge in [-0.3, -0.25) is 0 Å². The Hall–Kier alpha value is -7.74. The molecule has 1 aliphatic rings. The van der Waals surface area contributed by atoms with E-state index in [1.54, 1.807) is 0 Å². The summed E-state index contributed by atoms with van der Waals surface area (Å²) in [7, 11) is 0. The zero-order chi connectivity index (χ0) is 42.4. The zero-order valence-corrected chi connectivity index (χ0v) is 35.6. The maximum absolute atomic E-state index is 2.49. The third-order valence-corrected chi connectivity index (χ3v) is 13.4. The maximum atomic E-state index is 2.49. The minimum absolute atomic E-state index is 0.0986. The summed E-state index contributed by atoms with van der Waals surface area (Å²) in [6, 6.07) is 91.6. The van der Waals surface area contributed by atoms with Crippen molar-refractivity contribution >= 4 is 27.8 Å². The number of hydrogen-bond donors (Lipinski definition) is 0. The Morgan fingerprint density at radius 3 is 1.52 bits per heavy atom. The first-order valence-corrected chi connectivity index (χ1v) is 22.0. The van der Waals surface area contributed by atoms with E-state index in [0.29, 0.717) is 0 Å². The zero-order valence-electron chi connectivity index (χ0n) is 35.6. The summed E-state index contributed by atoms with van der Waals surface area (Å²) in [5, 5.41) is 2.42. The first-order chi connectivity index (χ1) is 31.0. The SMILES string of the molecule is CC1(C)c2ccccc2-c2cc(N(c3ccc(C(c4ccccc4)(c4ccccc4)c4ccccc4)cc3)c3ccc4ccccc4c3-c3cccc(-c4ccccc4)c3)ccc21. The van der Waals surface area contributed by atoms with Crippen LogP contribution in [0.4, 0.5) is 17.1 Å². The molecule has 0 bridgehead atoms. The number of nitrogens with zero attached hydrogens (tertiary/aromatic N) is 1. The Labute approximate surface area is 371 Å². The van der Waals surface area contributed by atoms with Crippen molar-refractivity contribution in [1.82, 2.24) is 0 Å². The number of anilines is 3. The molecule has 0 heterocycles. The summed E-state index contributed by atoms with van der Waals surface area (Å²) < 4.78 is 0. The lowest BCUT2D eigenvalue weighted by molar-refractivity contribution is 0.660. The van der Waals surface area contributed by atoms with Crippen LogP contribution < -0.4 is 4.90 Å². The van der Waals surface area contributed by atoms with E-state index >= 15 is 0 Å². The number of fused-ring (bicyclic) bond motifs is 4. The Bertz CT molecular complexity index is 3130. The van der Waals surface area contributed by atoms with Crippen LogP contribution in [0.1, 0.15) is 47.2 Å². The quantitative estimate of drug-likeness (QED) is 0.131. The molecule has 1 nitrogen and oxygen atoms in total. The molecule has 0 unspecified atom stereocenters. The van der Waals surface area contributed by atoms with Crippen LogP contribution in [0.15, 0.2) is 249 Å². The molecule has 0 radical (unpaired) electrons. The van der Waals surface area contributed by atoms with Crippen LogP contribution in [0.3, 0.4) is 0 Å². The van der Waals surface area contributed by atoms with Gasteiger partial charge in [0.1, 0.15) is 0 Å². The van der Waals surface area contributed by atoms with E-state index in [-0.39, 0.29) is 5.41 Å². The van der Waals surface area contributed by atoms with Gasteiger partial charge in [-0.25, -0.2) is 0 Å². The molecule has 10 aromatic rings. The van der Waals surface area contributed by atoms with Crippen LogP contribution >= 0.6 is 0 Å². The van der Waals surface area contributed by atoms with Crippen molar-refractivity contribution in [2.24, 2.45) is 0 Å². The van der Waals surface area contributed by atoms with Gasteiger partial charge < -0.3 is 4.90 Å². The summed E-state index contributed by atoms with van der Waals surface area (Å²) in [5.74, 6) is 0. The largest absolute Gasteiger partial charge is 0.310 e. The van der Waals surface area contributed by atoms with Crippen LogP contribution in [-0.4, -0.2) is 0 Å². The normalized spacial score (nSPS) is 12.7. The summed E-state index contributed by atoms with van der Waals surface area (Å²) >= 11 is 0. The standard InChI is InChI=1S/C62H47N/c1-61(2)57-33-18-17-32-55(57)56-43-53(39-40-58(56)61)63(59-41-34-45-22-15-16-31-54(45)60(59)47-24-19-23-46(42-47)44-20-7-3-8-21-44)52-37-35-51(36-38-52)62(48-25-9-4-10-26-48,49-27-11-5-12-28-49)50-29-13-6-14-30-50/h3-43H,1-2H3.